The fourth-order valence-electron chi connectivity index (χ4n) is 5.17. The second kappa shape index (κ2) is 14.8. The number of hydrogen-bond donors (Lipinski definition) is 2. The van der Waals surface area contributed by atoms with Gasteiger partial charge in [-0.15, -0.1) is 24.8 Å². The van der Waals surface area contributed by atoms with Crippen LogP contribution in [0.2, 0.25) is 5.02 Å². The lowest BCUT2D eigenvalue weighted by molar-refractivity contribution is 0.0847. The van der Waals surface area contributed by atoms with Gasteiger partial charge in [0, 0.05) is 61.2 Å². The van der Waals surface area contributed by atoms with Gasteiger partial charge < -0.3 is 15.3 Å². The van der Waals surface area contributed by atoms with Crippen LogP contribution in [0.4, 0.5) is 10.1 Å². The van der Waals surface area contributed by atoms with Gasteiger partial charge in [0.15, 0.2) is 0 Å². The van der Waals surface area contributed by atoms with Gasteiger partial charge in [0.1, 0.15) is 17.3 Å². The van der Waals surface area contributed by atoms with Crippen molar-refractivity contribution >= 4 is 48.0 Å². The Morgan fingerprint density at radius 3 is 2.31 bits per heavy atom. The Labute approximate surface area is 263 Å². The summed E-state index contributed by atoms with van der Waals surface area (Å²) in [6.07, 6.45) is -0.725. The molecular formula is C31H35Cl3FN5O2. The van der Waals surface area contributed by atoms with E-state index in [1.54, 1.807) is 12.1 Å². The number of anilines is 1. The second-order valence-electron chi connectivity index (χ2n) is 10.1. The number of carbonyl (C=O) groups excluding carboxylic acids is 1. The van der Waals surface area contributed by atoms with Crippen LogP contribution in [0.5, 0.6) is 0 Å². The fraction of sp³-hybridized carbons (Fsp3) is 0.290. The van der Waals surface area contributed by atoms with Gasteiger partial charge >= 0.3 is 0 Å². The highest BCUT2D eigenvalue weighted by Crippen LogP contribution is 2.28. The number of nitrogens with zero attached hydrogens (tertiary/aromatic N) is 4. The molecular weight excluding hydrogens is 600 g/mol. The van der Waals surface area contributed by atoms with Crippen molar-refractivity contribution in [2.75, 3.05) is 44.2 Å². The van der Waals surface area contributed by atoms with Crippen molar-refractivity contribution in [1.29, 1.82) is 0 Å². The lowest BCUT2D eigenvalue weighted by Crippen LogP contribution is -2.50. The topological polar surface area (TPSA) is 73.6 Å². The Morgan fingerprint density at radius 1 is 0.976 bits per heavy atom. The fourth-order valence-corrected chi connectivity index (χ4v) is 5.34. The third-order valence-electron chi connectivity index (χ3n) is 7.36. The summed E-state index contributed by atoms with van der Waals surface area (Å²) >= 11 is 6.30. The van der Waals surface area contributed by atoms with E-state index in [1.807, 2.05) is 60.9 Å². The molecule has 11 heteroatoms. The molecule has 1 atom stereocenters. The van der Waals surface area contributed by atoms with Gasteiger partial charge in [-0.1, -0.05) is 48.0 Å². The van der Waals surface area contributed by atoms with Gasteiger partial charge in [-0.05, 0) is 55.8 Å². The molecule has 2 N–H and O–H groups in total. The molecule has 1 amide bonds. The minimum absolute atomic E-state index is 0. The Bertz CT molecular complexity index is 1480. The van der Waals surface area contributed by atoms with Gasteiger partial charge in [-0.25, -0.2) is 9.37 Å². The highest BCUT2D eigenvalue weighted by Gasteiger charge is 2.24. The van der Waals surface area contributed by atoms with E-state index in [0.29, 0.717) is 23.8 Å². The number of halogens is 4. The number of aliphatic hydroxyl groups excluding tert-OH is 1. The summed E-state index contributed by atoms with van der Waals surface area (Å²) in [5.74, 6) is -0.116. The molecule has 0 aliphatic carbocycles. The van der Waals surface area contributed by atoms with E-state index in [9.17, 15) is 14.3 Å². The van der Waals surface area contributed by atoms with E-state index in [2.05, 4.69) is 26.2 Å². The maximum atomic E-state index is 13.6. The molecule has 1 fully saturated rings. The summed E-state index contributed by atoms with van der Waals surface area (Å²) in [4.78, 5) is 22.4. The zero-order valence-corrected chi connectivity index (χ0v) is 25.9. The highest BCUT2D eigenvalue weighted by atomic mass is 35.5. The van der Waals surface area contributed by atoms with Crippen LogP contribution in [0.25, 0.3) is 17.1 Å². The molecule has 3 aromatic carbocycles. The predicted molar refractivity (Wildman–Crippen MR) is 171 cm³/mol. The lowest BCUT2D eigenvalue weighted by atomic mass is 10.1. The molecule has 1 aliphatic heterocycles. The summed E-state index contributed by atoms with van der Waals surface area (Å²) in [5, 5.41) is 14.3. The minimum Gasteiger partial charge on any atom is -0.390 e. The molecule has 0 radical (unpaired) electrons. The first-order valence-corrected chi connectivity index (χ1v) is 13.8. The Balaban J connectivity index is 0.00000242. The maximum Gasteiger partial charge on any atom is 0.271 e. The number of hydrogen-bond acceptors (Lipinski definition) is 5. The largest absolute Gasteiger partial charge is 0.390 e. The average Bonchev–Trinajstić information content (AvgIpc) is 3.31. The molecule has 224 valence electrons. The number of carbonyl (C=O) groups is 1. The zero-order chi connectivity index (χ0) is 28.2. The van der Waals surface area contributed by atoms with Crippen molar-refractivity contribution in [2.24, 2.45) is 0 Å². The summed E-state index contributed by atoms with van der Waals surface area (Å²) in [7, 11) is 0. The molecule has 1 aliphatic rings. The Kier molecular flexibility index (Phi) is 11.8. The molecule has 4 aromatic rings. The van der Waals surface area contributed by atoms with Crippen molar-refractivity contribution in [2.45, 2.75) is 20.0 Å². The van der Waals surface area contributed by atoms with Crippen molar-refractivity contribution < 1.29 is 14.3 Å². The number of imidazole rings is 1. The lowest BCUT2D eigenvalue weighted by Gasteiger charge is -2.37. The summed E-state index contributed by atoms with van der Waals surface area (Å²) in [6, 6.07) is 21.6. The molecule has 42 heavy (non-hydrogen) atoms. The van der Waals surface area contributed by atoms with Crippen molar-refractivity contribution in [3.8, 4) is 17.1 Å². The van der Waals surface area contributed by atoms with Gasteiger partial charge in [-0.2, -0.15) is 0 Å². The number of nitrogens with one attached hydrogen (secondary N) is 1. The average molecular weight is 635 g/mol. The van der Waals surface area contributed by atoms with E-state index in [1.165, 1.54) is 12.1 Å². The maximum absolute atomic E-state index is 13.6. The van der Waals surface area contributed by atoms with Gasteiger partial charge in [0.2, 0.25) is 0 Å². The molecule has 0 bridgehead atoms. The predicted octanol–water partition coefficient (Wildman–Crippen LogP) is 5.71. The summed E-state index contributed by atoms with van der Waals surface area (Å²) < 4.78 is 15.5. The standard InChI is InChI=1S/C31H33ClFN5O2.2ClH/c1-21-27(32)9-6-10-28(21)37-17-15-36(16-18-37)20-26(39)19-34-31(40)29-22(2)38(25-13-11-24(33)12-14-25)30(35-29)23-7-4-3-5-8-23;;/h3-14,26,39H,15-20H2,1-2H3,(H,34,40);2*1H/t26-;;/m0../s1. The smallest absolute Gasteiger partial charge is 0.271 e. The van der Waals surface area contributed by atoms with Crippen LogP contribution >= 0.6 is 36.4 Å². The van der Waals surface area contributed by atoms with Gasteiger partial charge in [0.05, 0.1) is 11.8 Å². The molecule has 1 aromatic heterocycles. The number of β-amino-alcohol motifs (C(OH)–C–C–N with tert-alkyl or cyclic N) is 1. The van der Waals surface area contributed by atoms with Crippen LogP contribution in [-0.2, 0) is 0 Å². The number of amides is 1. The van der Waals surface area contributed by atoms with Crippen LogP contribution in [0.3, 0.4) is 0 Å². The van der Waals surface area contributed by atoms with Crippen LogP contribution in [0.15, 0.2) is 72.8 Å². The van der Waals surface area contributed by atoms with E-state index in [0.717, 1.165) is 48.0 Å². The minimum atomic E-state index is -0.725. The first-order chi connectivity index (χ1) is 19.3. The monoisotopic (exact) mass is 633 g/mol. The van der Waals surface area contributed by atoms with Crippen LogP contribution in [0.1, 0.15) is 21.7 Å². The molecule has 2 heterocycles. The number of rotatable bonds is 8. The van der Waals surface area contributed by atoms with E-state index in [-0.39, 0.29) is 48.8 Å². The number of piperazine rings is 1. The number of benzene rings is 3. The van der Waals surface area contributed by atoms with E-state index in [4.69, 9.17) is 11.6 Å². The van der Waals surface area contributed by atoms with Gasteiger partial charge in [-0.3, -0.25) is 14.3 Å². The first-order valence-electron chi connectivity index (χ1n) is 13.4. The zero-order valence-electron chi connectivity index (χ0n) is 23.5. The third-order valence-corrected chi connectivity index (χ3v) is 7.77. The van der Waals surface area contributed by atoms with Crippen molar-refractivity contribution in [3.05, 3.63) is 101 Å². The van der Waals surface area contributed by atoms with Crippen molar-refractivity contribution in [3.63, 3.8) is 0 Å². The van der Waals surface area contributed by atoms with Gasteiger partial charge in [0.25, 0.3) is 5.91 Å². The summed E-state index contributed by atoms with van der Waals surface area (Å²) in [6.45, 7) is 7.69. The quantitative estimate of drug-likeness (QED) is 0.260. The highest BCUT2D eigenvalue weighted by molar-refractivity contribution is 6.31. The van der Waals surface area contributed by atoms with E-state index >= 15 is 0 Å². The van der Waals surface area contributed by atoms with Crippen molar-refractivity contribution in [1.82, 2.24) is 19.8 Å². The number of aliphatic hydroxyl groups is 1. The Morgan fingerprint density at radius 2 is 1.64 bits per heavy atom. The molecule has 0 unspecified atom stereocenters. The normalized spacial score (nSPS) is 14.1. The van der Waals surface area contributed by atoms with Crippen LogP contribution in [-0.4, -0.2) is 70.8 Å². The molecule has 1 saturated heterocycles. The summed E-state index contributed by atoms with van der Waals surface area (Å²) in [5.41, 5.74) is 4.65. The second-order valence-corrected chi connectivity index (χ2v) is 10.5. The van der Waals surface area contributed by atoms with E-state index < -0.39 is 6.10 Å². The molecule has 5 rings (SSSR count). The SMILES string of the molecule is Cc1c(Cl)cccc1N1CCN(C[C@@H](O)CNC(=O)c2nc(-c3ccccc3)n(-c3ccc(F)cc3)c2C)CC1.Cl.Cl. The van der Waals surface area contributed by atoms with Crippen LogP contribution in [0, 0.1) is 19.7 Å². The van der Waals surface area contributed by atoms with Crippen LogP contribution < -0.4 is 10.2 Å². The first kappa shape index (κ1) is 33.4. The number of aromatic nitrogens is 2. The third kappa shape index (κ3) is 7.43. The Hall–Kier alpha value is -3.14. The molecule has 0 spiro atoms. The molecule has 7 nitrogen and oxygen atoms in total. The molecule has 0 saturated carbocycles.